The van der Waals surface area contributed by atoms with Gasteiger partial charge in [-0.1, -0.05) is 18.2 Å². The highest BCUT2D eigenvalue weighted by Crippen LogP contribution is 2.05. The van der Waals surface area contributed by atoms with Crippen molar-refractivity contribution in [1.82, 2.24) is 0 Å². The zero-order valence-corrected chi connectivity index (χ0v) is 7.25. The molecule has 1 heterocycles. The molecule has 0 saturated carbocycles. The molecular weight excluding hydrogens is 180 g/mol. The van der Waals surface area contributed by atoms with Crippen LogP contribution in [-0.4, -0.2) is 24.4 Å². The quantitative estimate of drug-likeness (QED) is 0.616. The zero-order chi connectivity index (χ0) is 9.80. The Morgan fingerprint density at radius 3 is 2.36 bits per heavy atom. The van der Waals surface area contributed by atoms with Crippen molar-refractivity contribution in [3.8, 4) is 0 Å². The van der Waals surface area contributed by atoms with E-state index >= 15 is 0 Å². The first-order valence-electron chi connectivity index (χ1n) is 4.07. The molecule has 0 bridgehead atoms. The summed E-state index contributed by atoms with van der Waals surface area (Å²) in [4.78, 5) is 18.9. The highest BCUT2D eigenvalue weighted by atomic mass is 16.5. The predicted octanol–water partition coefficient (Wildman–Crippen LogP) is 1.64. The van der Waals surface area contributed by atoms with E-state index in [0.29, 0.717) is 5.56 Å². The summed E-state index contributed by atoms with van der Waals surface area (Å²) in [6.45, 7) is 0. The first-order valence-corrected chi connectivity index (χ1v) is 4.07. The molecule has 68 valence electrons. The van der Waals surface area contributed by atoms with E-state index in [2.05, 4.69) is 9.98 Å². The summed E-state index contributed by atoms with van der Waals surface area (Å²) in [5.74, 6) is -0.447. The van der Waals surface area contributed by atoms with Gasteiger partial charge in [-0.15, -0.1) is 0 Å². The van der Waals surface area contributed by atoms with Gasteiger partial charge in [0.25, 0.3) is 0 Å². The van der Waals surface area contributed by atoms with Crippen LogP contribution in [0, 0.1) is 0 Å². The van der Waals surface area contributed by atoms with E-state index in [-0.39, 0.29) is 6.03 Å². The average Bonchev–Trinajstić information content (AvgIpc) is 2.72. The highest BCUT2D eigenvalue weighted by molar-refractivity contribution is 6.25. The number of urea groups is 1. The number of carbonyl (C=O) groups is 1. The van der Waals surface area contributed by atoms with Crippen molar-refractivity contribution in [2.75, 3.05) is 0 Å². The summed E-state index contributed by atoms with van der Waals surface area (Å²) >= 11 is 0. The van der Waals surface area contributed by atoms with E-state index in [0.717, 1.165) is 0 Å². The minimum absolute atomic E-state index is 0.0823. The van der Waals surface area contributed by atoms with Crippen LogP contribution in [0.1, 0.15) is 10.4 Å². The van der Waals surface area contributed by atoms with Gasteiger partial charge in [0.05, 0.1) is 17.2 Å². The van der Waals surface area contributed by atoms with Crippen molar-refractivity contribution < 1.29 is 9.22 Å². The van der Waals surface area contributed by atoms with Crippen molar-refractivity contribution in [3.05, 3.63) is 35.9 Å². The van der Waals surface area contributed by atoms with Gasteiger partial charge >= 0.3 is 12.0 Å². The monoisotopic (exact) mass is 187 g/mol. The van der Waals surface area contributed by atoms with E-state index in [1.54, 1.807) is 24.3 Å². The molecule has 0 fully saturated rings. The second-order valence-corrected chi connectivity index (χ2v) is 2.59. The number of rotatable bonds is 1. The Bertz CT molecular complexity index is 419. The van der Waals surface area contributed by atoms with Crippen molar-refractivity contribution >= 4 is 24.4 Å². The number of benzene rings is 1. The fraction of sp³-hybridized carbons (Fsp3) is 0. The van der Waals surface area contributed by atoms with Gasteiger partial charge in [0.15, 0.2) is 0 Å². The second kappa shape index (κ2) is 3.74. The summed E-state index contributed by atoms with van der Waals surface area (Å²) in [6, 6.07) is 8.79. The van der Waals surface area contributed by atoms with E-state index in [9.17, 15) is 4.79 Å². The molecule has 0 N–H and O–H groups in total. The van der Waals surface area contributed by atoms with Gasteiger partial charge in [-0.05, 0) is 12.1 Å². The van der Waals surface area contributed by atoms with E-state index < -0.39 is 5.97 Å². The van der Waals surface area contributed by atoms with Crippen LogP contribution in [0.15, 0.2) is 40.3 Å². The Morgan fingerprint density at radius 2 is 1.71 bits per heavy atom. The molecule has 0 spiro atoms. The zero-order valence-electron chi connectivity index (χ0n) is 7.25. The first kappa shape index (κ1) is 8.50. The molecule has 1 aliphatic heterocycles. The summed E-state index contributed by atoms with van der Waals surface area (Å²) in [5.41, 5.74) is 0.484. The lowest BCUT2D eigenvalue weighted by molar-refractivity contribution is -0.0617. The number of hydrogen-bond acceptors (Lipinski definition) is 1. The van der Waals surface area contributed by atoms with Crippen LogP contribution in [0.25, 0.3) is 0 Å². The molecule has 1 aliphatic rings. The standard InChI is InChI=1S/C10H7N2O2/c13-9(8-4-2-1-3-5-8)14-10-11-6-7-12-10/h1-7H/q+1. The molecule has 0 radical (unpaired) electrons. The molecule has 0 saturated heterocycles. The third kappa shape index (κ3) is 1.80. The minimum Gasteiger partial charge on any atom is -0.228 e. The van der Waals surface area contributed by atoms with Crippen LogP contribution in [0.3, 0.4) is 0 Å². The summed E-state index contributed by atoms with van der Waals surface area (Å²) < 4.78 is 4.88. The minimum atomic E-state index is -0.447. The molecule has 0 aromatic heterocycles. The van der Waals surface area contributed by atoms with E-state index in [1.807, 2.05) is 6.07 Å². The van der Waals surface area contributed by atoms with Crippen LogP contribution in [0.5, 0.6) is 0 Å². The van der Waals surface area contributed by atoms with Gasteiger partial charge in [-0.3, -0.25) is 0 Å². The summed E-state index contributed by atoms with van der Waals surface area (Å²) in [7, 11) is 0. The molecule has 1 aromatic carbocycles. The van der Waals surface area contributed by atoms with E-state index in [4.69, 9.17) is 4.42 Å². The lowest BCUT2D eigenvalue weighted by atomic mass is 10.2. The number of aliphatic imine (C=N–C) groups is 2. The van der Waals surface area contributed by atoms with Crippen LogP contribution in [-0.2, 0) is 0 Å². The van der Waals surface area contributed by atoms with Crippen LogP contribution in [0.4, 0.5) is 4.42 Å². The highest BCUT2D eigenvalue weighted by Gasteiger charge is 2.20. The molecule has 4 nitrogen and oxygen atoms in total. The molecule has 0 unspecified atom stereocenters. The van der Waals surface area contributed by atoms with Crippen LogP contribution in [0.2, 0.25) is 0 Å². The maximum absolute atomic E-state index is 11.4. The molecule has 1 aromatic rings. The lowest BCUT2D eigenvalue weighted by Gasteiger charge is -1.83. The SMILES string of the molecule is O=C([O+]=C1N=CC=N1)c1ccccc1. The maximum Gasteiger partial charge on any atom is 0.616 e. The van der Waals surface area contributed by atoms with Gasteiger partial charge in [0.2, 0.25) is 0 Å². The number of carbonyl (C=O) groups excluding carboxylic acids is 2. The maximum atomic E-state index is 11.4. The van der Waals surface area contributed by atoms with E-state index in [1.165, 1.54) is 12.4 Å². The van der Waals surface area contributed by atoms with Crippen molar-refractivity contribution in [2.24, 2.45) is 9.98 Å². The molecule has 2 rings (SSSR count). The normalized spacial score (nSPS) is 13.3. The molecule has 14 heavy (non-hydrogen) atoms. The second-order valence-electron chi connectivity index (χ2n) is 2.59. The lowest BCUT2D eigenvalue weighted by Crippen LogP contribution is -1.93. The fourth-order valence-corrected chi connectivity index (χ4v) is 0.996. The van der Waals surface area contributed by atoms with Gasteiger partial charge in [-0.2, -0.15) is 9.98 Å². The Balaban J connectivity index is 2.22. The Hall–Kier alpha value is -2.10. The Kier molecular flexibility index (Phi) is 2.27. The Morgan fingerprint density at radius 1 is 1.07 bits per heavy atom. The number of amides is 2. The number of nitrogens with zero attached hydrogens (tertiary/aromatic N) is 2. The smallest absolute Gasteiger partial charge is 0.228 e. The van der Waals surface area contributed by atoms with Crippen molar-refractivity contribution in [3.63, 3.8) is 0 Å². The summed E-state index contributed by atoms with van der Waals surface area (Å²) in [6.07, 6.45) is 2.93. The largest absolute Gasteiger partial charge is 0.616 e. The van der Waals surface area contributed by atoms with Gasteiger partial charge in [0, 0.05) is 0 Å². The third-order valence-corrected chi connectivity index (χ3v) is 1.63. The first-order chi connectivity index (χ1) is 6.86. The number of hydrogen-bond donors (Lipinski definition) is 0. The third-order valence-electron chi connectivity index (χ3n) is 1.63. The topological polar surface area (TPSA) is 53.1 Å². The molecule has 0 atom stereocenters. The van der Waals surface area contributed by atoms with Crippen molar-refractivity contribution in [1.29, 1.82) is 0 Å². The molecule has 4 heteroatoms. The van der Waals surface area contributed by atoms with Crippen molar-refractivity contribution in [2.45, 2.75) is 0 Å². The molecule has 0 aliphatic carbocycles. The molecule has 2 amide bonds. The van der Waals surface area contributed by atoms with Crippen LogP contribution < -0.4 is 0 Å². The molecular formula is C10H7N2O2+. The van der Waals surface area contributed by atoms with Crippen LogP contribution >= 0.6 is 0 Å². The van der Waals surface area contributed by atoms with Gasteiger partial charge in [0.1, 0.15) is 5.56 Å². The van der Waals surface area contributed by atoms with Gasteiger partial charge < -0.3 is 0 Å². The average molecular weight is 187 g/mol. The fourth-order valence-electron chi connectivity index (χ4n) is 0.996. The summed E-state index contributed by atoms with van der Waals surface area (Å²) in [5, 5.41) is 0. The predicted molar refractivity (Wildman–Crippen MR) is 53.2 cm³/mol. The Labute approximate surface area is 80.3 Å². The van der Waals surface area contributed by atoms with Gasteiger partial charge in [-0.25, -0.2) is 4.42 Å².